The smallest absolute Gasteiger partial charge is 0.451 e. The van der Waals surface area contributed by atoms with Crippen LogP contribution in [-0.2, 0) is 24.9 Å². The van der Waals surface area contributed by atoms with Gasteiger partial charge in [-0.15, -0.1) is 0 Å². The molecule has 10 nitrogen and oxygen atoms in total. The first-order chi connectivity index (χ1) is 18.1. The van der Waals surface area contributed by atoms with E-state index in [0.717, 1.165) is 32.7 Å². The molecule has 0 saturated heterocycles. The second kappa shape index (κ2) is 11.9. The Hall–Kier alpha value is -2.88. The van der Waals surface area contributed by atoms with E-state index in [4.69, 9.17) is 21.1 Å². The van der Waals surface area contributed by atoms with E-state index in [1.807, 2.05) is 12.1 Å². The molecule has 2 N–H and O–H groups in total. The lowest BCUT2D eigenvalue weighted by Crippen LogP contribution is -2.43. The van der Waals surface area contributed by atoms with E-state index >= 15 is 0 Å². The molecular weight excluding hydrogens is 641 g/mol. The molecule has 0 radical (unpaired) electrons. The number of halogens is 4. The van der Waals surface area contributed by atoms with Crippen LogP contribution in [-0.4, -0.2) is 44.5 Å². The summed E-state index contributed by atoms with van der Waals surface area (Å²) in [5.74, 6) is 0.533. The normalized spacial score (nSPS) is 14.8. The predicted octanol–water partition coefficient (Wildman–Crippen LogP) is 3.37. The Balaban J connectivity index is 1.52. The van der Waals surface area contributed by atoms with Crippen molar-refractivity contribution in [1.82, 2.24) is 9.13 Å². The maximum atomic E-state index is 13.3. The Morgan fingerprint density at radius 2 is 1.84 bits per heavy atom. The van der Waals surface area contributed by atoms with Crippen LogP contribution in [0.4, 0.5) is 20.3 Å². The van der Waals surface area contributed by atoms with E-state index in [2.05, 4.69) is 10.1 Å². The zero-order chi connectivity index (χ0) is 27.4. The molecule has 38 heavy (non-hydrogen) atoms. The number of aliphatic hydroxyl groups excluding tert-OH is 1. The average Bonchev–Trinajstić information content (AvgIpc) is 3.22. The molecule has 0 spiro atoms. The van der Waals surface area contributed by atoms with Gasteiger partial charge < -0.3 is 29.5 Å². The predicted molar refractivity (Wildman–Crippen MR) is 146 cm³/mol. The molecule has 0 bridgehead atoms. The number of nitrogens with zero attached hydrogens (tertiary/aromatic N) is 3. The van der Waals surface area contributed by atoms with Crippen molar-refractivity contribution in [2.75, 3.05) is 30.0 Å². The summed E-state index contributed by atoms with van der Waals surface area (Å²) >= 11 is 6.89. The van der Waals surface area contributed by atoms with Crippen molar-refractivity contribution >= 4 is 45.7 Å². The monoisotopic (exact) mass is 664 g/mol. The number of fused-ring (bicyclic) bond motifs is 1. The van der Waals surface area contributed by atoms with Gasteiger partial charge in [-0.2, -0.15) is 8.78 Å². The molecule has 4 rings (SSSR count). The standard InChI is InChI=1S/C24H24ClF2IN4O6/c1-30-20-19(21(34)31(9-10-33)23(30)35)32(14-15-5-7-16(25)8-6-15)22(29-20)37-12-11-36-17-3-2-4-18(13-17)38-24(26,27)28/h2-8,13,22,29,33H,9-12,14H2,1H3. The van der Waals surface area contributed by atoms with E-state index in [1.165, 1.54) is 29.8 Å². The van der Waals surface area contributed by atoms with Gasteiger partial charge in [-0.05, 0) is 29.8 Å². The van der Waals surface area contributed by atoms with Crippen LogP contribution in [0.15, 0.2) is 58.1 Å². The maximum absolute atomic E-state index is 13.3. The Morgan fingerprint density at radius 1 is 1.13 bits per heavy atom. The summed E-state index contributed by atoms with van der Waals surface area (Å²) in [5, 5.41) is 13.0. The van der Waals surface area contributed by atoms with Gasteiger partial charge in [0.2, 0.25) is 6.35 Å². The highest BCUT2D eigenvalue weighted by Gasteiger charge is 2.35. The van der Waals surface area contributed by atoms with Crippen LogP contribution in [0.2, 0.25) is 5.02 Å². The van der Waals surface area contributed by atoms with Crippen molar-refractivity contribution in [3.8, 4) is 11.5 Å². The quantitative estimate of drug-likeness (QED) is 0.183. The largest absolute Gasteiger partial charge is 0.491 e. The van der Waals surface area contributed by atoms with E-state index in [9.17, 15) is 23.5 Å². The number of anilines is 2. The van der Waals surface area contributed by atoms with Crippen molar-refractivity contribution in [2.24, 2.45) is 7.05 Å². The molecule has 1 aliphatic rings. The fourth-order valence-electron chi connectivity index (χ4n) is 3.95. The number of rotatable bonds is 11. The van der Waals surface area contributed by atoms with Crippen LogP contribution >= 0.6 is 34.2 Å². The van der Waals surface area contributed by atoms with E-state index in [0.29, 0.717) is 10.8 Å². The van der Waals surface area contributed by atoms with Crippen LogP contribution in [0.5, 0.6) is 11.5 Å². The summed E-state index contributed by atoms with van der Waals surface area (Å²) in [6, 6.07) is 12.9. The third-order valence-electron chi connectivity index (χ3n) is 5.61. The van der Waals surface area contributed by atoms with Crippen molar-refractivity contribution in [3.63, 3.8) is 0 Å². The highest BCUT2D eigenvalue weighted by molar-refractivity contribution is 14.1. The lowest BCUT2D eigenvalue weighted by atomic mass is 10.2. The van der Waals surface area contributed by atoms with Crippen molar-refractivity contribution in [1.29, 1.82) is 0 Å². The zero-order valence-corrected chi connectivity index (χ0v) is 23.0. The molecule has 3 aromatic rings. The highest BCUT2D eigenvalue weighted by atomic mass is 127. The fourth-order valence-corrected chi connectivity index (χ4v) is 4.33. The minimum atomic E-state index is -3.36. The summed E-state index contributed by atoms with van der Waals surface area (Å²) < 4.78 is 41.3. The summed E-state index contributed by atoms with van der Waals surface area (Å²) in [4.78, 5) is 27.6. The Kier molecular flexibility index (Phi) is 8.80. The molecule has 2 heterocycles. The van der Waals surface area contributed by atoms with Crippen LogP contribution < -0.4 is 30.9 Å². The van der Waals surface area contributed by atoms with Gasteiger partial charge in [0.25, 0.3) is 5.56 Å². The van der Waals surface area contributed by atoms with Crippen LogP contribution in [0.3, 0.4) is 0 Å². The number of aromatic nitrogens is 2. The molecule has 1 aromatic heterocycles. The lowest BCUT2D eigenvalue weighted by Gasteiger charge is -2.26. The third kappa shape index (κ3) is 6.57. The Labute approximate surface area is 234 Å². The maximum Gasteiger partial charge on any atom is 0.451 e. The van der Waals surface area contributed by atoms with Crippen molar-refractivity contribution in [2.45, 2.75) is 23.6 Å². The second-order valence-electron chi connectivity index (χ2n) is 8.21. The molecule has 2 aromatic carbocycles. The number of hydrogen-bond donors (Lipinski definition) is 2. The summed E-state index contributed by atoms with van der Waals surface area (Å²) in [7, 11) is 1.52. The van der Waals surface area contributed by atoms with Gasteiger partial charge in [0, 0.05) is 24.7 Å². The SMILES string of the molecule is Cn1c2c(c(=O)n(CCO)c1=O)N(Cc1ccc(Cl)cc1)C(OCCOc1cccc(OC(F)(F)I)c1)N2. The van der Waals surface area contributed by atoms with Crippen LogP contribution in [0, 0.1) is 0 Å². The van der Waals surface area contributed by atoms with Gasteiger partial charge in [0.05, 0.1) is 42.3 Å². The van der Waals surface area contributed by atoms with Crippen LogP contribution in [0.25, 0.3) is 0 Å². The van der Waals surface area contributed by atoms with Gasteiger partial charge in [0.15, 0.2) is 0 Å². The topological polar surface area (TPSA) is 107 Å². The van der Waals surface area contributed by atoms with Gasteiger partial charge in [-0.1, -0.05) is 29.8 Å². The van der Waals surface area contributed by atoms with E-state index < -0.39 is 21.7 Å². The zero-order valence-electron chi connectivity index (χ0n) is 20.1. The number of ether oxygens (including phenoxy) is 3. The molecule has 0 aliphatic carbocycles. The lowest BCUT2D eigenvalue weighted by molar-refractivity contribution is -0.0692. The first kappa shape index (κ1) is 28.1. The minimum absolute atomic E-state index is 0.0507. The van der Waals surface area contributed by atoms with Gasteiger partial charge in [-0.3, -0.25) is 13.9 Å². The molecule has 14 heteroatoms. The van der Waals surface area contributed by atoms with Gasteiger partial charge in [0.1, 0.15) is 29.6 Å². The number of aliphatic hydroxyl groups is 1. The molecular formula is C24H24ClF2IN4O6. The Bertz CT molecular complexity index is 1400. The summed E-state index contributed by atoms with van der Waals surface area (Å²) in [5.41, 5.74) is -0.0968. The average molecular weight is 665 g/mol. The molecule has 0 amide bonds. The number of benzene rings is 2. The molecule has 0 saturated carbocycles. The second-order valence-corrected chi connectivity index (χ2v) is 9.90. The van der Waals surface area contributed by atoms with E-state index in [1.54, 1.807) is 23.1 Å². The van der Waals surface area contributed by atoms with Gasteiger partial charge in [-0.25, -0.2) is 4.79 Å². The van der Waals surface area contributed by atoms with Crippen LogP contribution in [0.1, 0.15) is 5.56 Å². The van der Waals surface area contributed by atoms with Crippen molar-refractivity contribution in [3.05, 3.63) is 80.0 Å². The number of hydrogen-bond acceptors (Lipinski definition) is 8. The first-order valence-electron chi connectivity index (χ1n) is 11.4. The minimum Gasteiger partial charge on any atom is -0.491 e. The number of nitrogens with one attached hydrogen (secondary N) is 1. The summed E-state index contributed by atoms with van der Waals surface area (Å²) in [6.45, 7) is -0.175. The van der Waals surface area contributed by atoms with Gasteiger partial charge >= 0.3 is 9.81 Å². The van der Waals surface area contributed by atoms with E-state index in [-0.39, 0.29) is 50.2 Å². The molecule has 1 atom stereocenters. The molecule has 0 fully saturated rings. The third-order valence-corrected chi connectivity index (χ3v) is 6.08. The fraction of sp³-hybridized carbons (Fsp3) is 0.333. The molecule has 1 aliphatic heterocycles. The van der Waals surface area contributed by atoms with Crippen molar-refractivity contribution < 1.29 is 28.1 Å². The first-order valence-corrected chi connectivity index (χ1v) is 12.9. The molecule has 1 unspecified atom stereocenters. The summed E-state index contributed by atoms with van der Waals surface area (Å²) in [6.07, 6.45) is -0.833. The highest BCUT2D eigenvalue weighted by Crippen LogP contribution is 2.32. The molecule has 204 valence electrons. The Morgan fingerprint density at radius 3 is 2.53 bits per heavy atom. The number of alkyl halides is 3.